The molecule has 3 aromatic heterocycles. The van der Waals surface area contributed by atoms with Gasteiger partial charge in [-0.05, 0) is 82.4 Å². The lowest BCUT2D eigenvalue weighted by atomic mass is 9.89. The molecule has 2 fully saturated rings. The van der Waals surface area contributed by atoms with Crippen LogP contribution >= 0.6 is 15.9 Å². The normalized spacial score (nSPS) is 18.1. The molecule has 0 saturated carbocycles. The predicted octanol–water partition coefficient (Wildman–Crippen LogP) is 6.35. The summed E-state index contributed by atoms with van der Waals surface area (Å²) in [5.41, 5.74) is 8.13. The molecule has 2 aliphatic rings. The fourth-order valence-electron chi connectivity index (χ4n) is 6.67. The number of nitrogen functional groups attached to an aromatic ring is 1. The minimum absolute atomic E-state index is 0.0576. The molecule has 0 spiro atoms. The number of rotatable bonds is 11. The van der Waals surface area contributed by atoms with Crippen molar-refractivity contribution >= 4 is 33.3 Å². The first kappa shape index (κ1) is 38.6. The van der Waals surface area contributed by atoms with Gasteiger partial charge in [-0.3, -0.25) is 14.6 Å². The Morgan fingerprint density at radius 2 is 1.86 bits per heavy atom. The van der Waals surface area contributed by atoms with E-state index < -0.39 is 17.2 Å². The Morgan fingerprint density at radius 3 is 2.61 bits per heavy atom. The summed E-state index contributed by atoms with van der Waals surface area (Å²) >= 11 is 3.36. The van der Waals surface area contributed by atoms with Crippen molar-refractivity contribution in [2.45, 2.75) is 19.1 Å². The van der Waals surface area contributed by atoms with Gasteiger partial charge in [0, 0.05) is 64.8 Å². The molecule has 3 atom stereocenters. The van der Waals surface area contributed by atoms with Crippen LogP contribution in [0.3, 0.4) is 0 Å². The van der Waals surface area contributed by atoms with E-state index in [2.05, 4.69) is 37.3 Å². The number of benzene rings is 2. The summed E-state index contributed by atoms with van der Waals surface area (Å²) in [6.45, 7) is 3.02. The topological polar surface area (TPSA) is 173 Å². The first-order chi connectivity index (χ1) is 27.2. The van der Waals surface area contributed by atoms with Crippen LogP contribution in [-0.4, -0.2) is 73.3 Å². The van der Waals surface area contributed by atoms with Crippen molar-refractivity contribution < 1.29 is 32.9 Å². The first-order valence-electron chi connectivity index (χ1n) is 17.9. The standard InChI is InChI=1S/C41H38BrFN6O7/c1-52-38-13-24(2-7-37(38)56-23-30-22-54-10-11-55-30)26-12-32(40(45)47-16-26)31-5-4-29(14-35(31)43)48-41(51)34-20-49(18-25-8-9-53-21-27(25)15-44)19-33(39(34)50)36-6-3-28(42)17-46-36/h2-7,12-14,16-17,19-20,25,27,30H,8-11,18,21-23H2,1H3,(H2,45,47)(H,48,51)/t25?,27?,30-/m1/s1. The van der Waals surface area contributed by atoms with Gasteiger partial charge in [0.25, 0.3) is 5.91 Å². The van der Waals surface area contributed by atoms with Crippen LogP contribution in [0.2, 0.25) is 0 Å². The minimum Gasteiger partial charge on any atom is -0.493 e. The number of anilines is 2. The van der Waals surface area contributed by atoms with Crippen LogP contribution in [0.5, 0.6) is 11.5 Å². The number of hydrogen-bond acceptors (Lipinski definition) is 11. The minimum atomic E-state index is -0.733. The van der Waals surface area contributed by atoms with E-state index in [9.17, 15) is 14.9 Å². The second kappa shape index (κ2) is 17.4. The number of nitriles is 1. The summed E-state index contributed by atoms with van der Waals surface area (Å²) in [7, 11) is 1.54. The third-order valence-electron chi connectivity index (χ3n) is 9.68. The van der Waals surface area contributed by atoms with Gasteiger partial charge in [-0.2, -0.15) is 5.26 Å². The van der Waals surface area contributed by atoms with E-state index in [-0.39, 0.29) is 46.1 Å². The Morgan fingerprint density at radius 1 is 1.00 bits per heavy atom. The van der Waals surface area contributed by atoms with Crippen LogP contribution in [0.1, 0.15) is 16.8 Å². The van der Waals surface area contributed by atoms with E-state index in [1.807, 2.05) is 6.07 Å². The SMILES string of the molecule is COc1cc(-c2cnc(N)c(-c3ccc(NC(=O)c4cn(CC5CCOCC5C#N)cc(-c5ccc(Br)cn5)c4=O)cc3F)c2)ccc1OC[C@H]1COCCO1. The molecule has 15 heteroatoms. The molecule has 1 amide bonds. The lowest BCUT2D eigenvalue weighted by Gasteiger charge is -2.28. The molecule has 288 valence electrons. The predicted molar refractivity (Wildman–Crippen MR) is 210 cm³/mol. The zero-order valence-corrected chi connectivity index (χ0v) is 32.0. The summed E-state index contributed by atoms with van der Waals surface area (Å²) in [5.74, 6) is -0.679. The number of amides is 1. The Bertz CT molecular complexity index is 2330. The summed E-state index contributed by atoms with van der Waals surface area (Å²) in [6.07, 6.45) is 6.71. The summed E-state index contributed by atoms with van der Waals surface area (Å²) in [5, 5.41) is 12.4. The number of carbonyl (C=O) groups is 1. The van der Waals surface area contributed by atoms with Crippen LogP contribution in [0, 0.1) is 29.0 Å². The van der Waals surface area contributed by atoms with E-state index in [1.54, 1.807) is 60.6 Å². The Kier molecular flexibility index (Phi) is 12.0. The van der Waals surface area contributed by atoms with Crippen molar-refractivity contribution in [1.82, 2.24) is 14.5 Å². The highest BCUT2D eigenvalue weighted by molar-refractivity contribution is 9.10. The Balaban J connectivity index is 1.13. The zero-order chi connectivity index (χ0) is 39.2. The van der Waals surface area contributed by atoms with E-state index in [0.717, 1.165) is 16.1 Å². The molecule has 2 aliphatic heterocycles. The lowest BCUT2D eigenvalue weighted by molar-refractivity contribution is -0.101. The van der Waals surface area contributed by atoms with Crippen molar-refractivity contribution in [3.8, 4) is 51.1 Å². The van der Waals surface area contributed by atoms with Crippen LogP contribution in [0.4, 0.5) is 15.9 Å². The van der Waals surface area contributed by atoms with Crippen molar-refractivity contribution in [3.05, 3.63) is 105 Å². The van der Waals surface area contributed by atoms with E-state index in [4.69, 9.17) is 29.4 Å². The highest BCUT2D eigenvalue weighted by Crippen LogP contribution is 2.36. The molecule has 3 N–H and O–H groups in total. The molecular formula is C41H38BrFN6O7. The quantitative estimate of drug-likeness (QED) is 0.152. The van der Waals surface area contributed by atoms with E-state index in [1.165, 1.54) is 18.3 Å². The number of carbonyl (C=O) groups excluding carboxylic acids is 1. The number of hydrogen-bond donors (Lipinski definition) is 2. The van der Waals surface area contributed by atoms with Gasteiger partial charge in [-0.1, -0.05) is 6.07 Å². The number of methoxy groups -OCH3 is 1. The van der Waals surface area contributed by atoms with Crippen molar-refractivity contribution in [3.63, 3.8) is 0 Å². The molecule has 7 rings (SSSR count). The Hall–Kier alpha value is -5.66. The van der Waals surface area contributed by atoms with Gasteiger partial charge in [0.15, 0.2) is 11.5 Å². The second-order valence-electron chi connectivity index (χ2n) is 13.4. The van der Waals surface area contributed by atoms with Gasteiger partial charge in [0.05, 0.1) is 56.8 Å². The number of pyridine rings is 3. The summed E-state index contributed by atoms with van der Waals surface area (Å²) in [6, 6.07) is 17.0. The molecule has 2 unspecified atom stereocenters. The number of aromatic nitrogens is 3. The fourth-order valence-corrected chi connectivity index (χ4v) is 6.91. The second-order valence-corrected chi connectivity index (χ2v) is 14.3. The molecular weight excluding hydrogens is 787 g/mol. The number of nitrogens with one attached hydrogen (secondary N) is 1. The highest BCUT2D eigenvalue weighted by atomic mass is 79.9. The first-order valence-corrected chi connectivity index (χ1v) is 18.7. The van der Waals surface area contributed by atoms with Crippen molar-refractivity contribution in [1.29, 1.82) is 5.26 Å². The van der Waals surface area contributed by atoms with Gasteiger partial charge < -0.3 is 39.3 Å². The maximum Gasteiger partial charge on any atom is 0.261 e. The molecule has 0 bridgehead atoms. The van der Waals surface area contributed by atoms with Crippen molar-refractivity contribution in [2.24, 2.45) is 11.8 Å². The van der Waals surface area contributed by atoms with Crippen molar-refractivity contribution in [2.75, 3.05) is 57.8 Å². The Labute approximate surface area is 330 Å². The van der Waals surface area contributed by atoms with E-state index >= 15 is 4.39 Å². The van der Waals surface area contributed by atoms with Gasteiger partial charge in [-0.15, -0.1) is 0 Å². The average molecular weight is 826 g/mol. The summed E-state index contributed by atoms with van der Waals surface area (Å²) in [4.78, 5) is 36.3. The summed E-state index contributed by atoms with van der Waals surface area (Å²) < 4.78 is 46.5. The fraction of sp³-hybridized carbons (Fsp3) is 0.293. The molecule has 5 heterocycles. The molecule has 56 heavy (non-hydrogen) atoms. The lowest BCUT2D eigenvalue weighted by Crippen LogP contribution is -2.33. The maximum atomic E-state index is 15.9. The third-order valence-corrected chi connectivity index (χ3v) is 10.1. The third kappa shape index (κ3) is 8.74. The molecule has 0 radical (unpaired) electrons. The molecule has 2 aromatic carbocycles. The average Bonchev–Trinajstić information content (AvgIpc) is 3.22. The van der Waals surface area contributed by atoms with Gasteiger partial charge in [0.2, 0.25) is 5.43 Å². The van der Waals surface area contributed by atoms with Crippen LogP contribution in [-0.2, 0) is 20.8 Å². The largest absolute Gasteiger partial charge is 0.493 e. The molecule has 13 nitrogen and oxygen atoms in total. The smallest absolute Gasteiger partial charge is 0.261 e. The zero-order valence-electron chi connectivity index (χ0n) is 30.4. The van der Waals surface area contributed by atoms with Crippen LogP contribution < -0.4 is 26.0 Å². The highest BCUT2D eigenvalue weighted by Gasteiger charge is 2.27. The number of nitrogens with zero attached hydrogens (tertiary/aromatic N) is 4. The van der Waals surface area contributed by atoms with E-state index in [0.29, 0.717) is 80.9 Å². The van der Waals surface area contributed by atoms with Gasteiger partial charge in [0.1, 0.15) is 29.9 Å². The molecule has 5 aromatic rings. The van der Waals surface area contributed by atoms with Crippen LogP contribution in [0.15, 0.2) is 88.7 Å². The van der Waals surface area contributed by atoms with Gasteiger partial charge in [-0.25, -0.2) is 9.37 Å². The number of nitrogens with two attached hydrogens (primary N) is 1. The van der Waals surface area contributed by atoms with Gasteiger partial charge >= 0.3 is 0 Å². The molecule has 2 saturated heterocycles. The maximum absolute atomic E-state index is 15.9. The number of halogens is 2. The monoisotopic (exact) mass is 824 g/mol. The molecule has 0 aliphatic carbocycles. The van der Waals surface area contributed by atoms with Crippen LogP contribution in [0.25, 0.3) is 33.5 Å². The number of ether oxygens (including phenoxy) is 5.